The van der Waals surface area contributed by atoms with Crippen molar-refractivity contribution in [3.8, 4) is 0 Å². The lowest BCUT2D eigenvalue weighted by Crippen LogP contribution is -2.46. The first-order valence-electron chi connectivity index (χ1n) is 6.23. The van der Waals surface area contributed by atoms with E-state index >= 15 is 0 Å². The van der Waals surface area contributed by atoms with Gasteiger partial charge in [-0.05, 0) is 19.3 Å². The second-order valence-corrected chi connectivity index (χ2v) is 4.80. The quantitative estimate of drug-likeness (QED) is 0.431. The van der Waals surface area contributed by atoms with Gasteiger partial charge in [0, 0.05) is 12.5 Å². The zero-order valence-electron chi connectivity index (χ0n) is 11.5. The van der Waals surface area contributed by atoms with E-state index in [2.05, 4.69) is 15.4 Å². The molecule has 19 heavy (non-hydrogen) atoms. The number of carboxylic acid groups (broad SMARTS) is 1. The highest BCUT2D eigenvalue weighted by molar-refractivity contribution is 5.74. The Kier molecular flexibility index (Phi) is 8.32. The Labute approximate surface area is 112 Å². The van der Waals surface area contributed by atoms with Crippen molar-refractivity contribution in [1.82, 2.24) is 10.6 Å². The van der Waals surface area contributed by atoms with Gasteiger partial charge in [-0.15, -0.1) is 0 Å². The molecule has 0 saturated heterocycles. The molecule has 2 unspecified atom stereocenters. The fourth-order valence-electron chi connectivity index (χ4n) is 1.67. The second kappa shape index (κ2) is 9.18. The van der Waals surface area contributed by atoms with Gasteiger partial charge >= 0.3 is 12.0 Å². The Morgan fingerprint density at radius 1 is 1.26 bits per heavy atom. The van der Waals surface area contributed by atoms with Crippen molar-refractivity contribution in [3.05, 3.63) is 0 Å². The van der Waals surface area contributed by atoms with E-state index in [0.717, 1.165) is 6.42 Å². The van der Waals surface area contributed by atoms with Gasteiger partial charge in [0.1, 0.15) is 0 Å². The minimum Gasteiger partial charge on any atom is -0.481 e. The predicted molar refractivity (Wildman–Crippen MR) is 68.4 cm³/mol. The van der Waals surface area contributed by atoms with E-state index in [0.29, 0.717) is 5.92 Å². The minimum absolute atomic E-state index is 0.0173. The van der Waals surface area contributed by atoms with E-state index < -0.39 is 18.2 Å². The maximum Gasteiger partial charge on any atom is 0.317 e. The lowest BCUT2D eigenvalue weighted by atomic mass is 10.1. The van der Waals surface area contributed by atoms with Crippen molar-refractivity contribution in [1.29, 1.82) is 0 Å². The molecular weight excluding hydrogens is 252 g/mol. The number of urea groups is 1. The van der Waals surface area contributed by atoms with Crippen LogP contribution in [0.1, 0.15) is 40.0 Å². The molecule has 2 amide bonds. The number of amides is 2. The molecule has 0 aromatic carbocycles. The summed E-state index contributed by atoms with van der Waals surface area (Å²) in [6, 6.07) is -0.498. The standard InChI is InChI=1S/C12H22N2O5/c1-8(2)6-9(3)13-12(18)14-10(19-7-15)4-5-11(16)17/h7-10H,4-6H2,1-3H3,(H,16,17)(H2,13,14,18). The molecule has 2 atom stereocenters. The van der Waals surface area contributed by atoms with Crippen LogP contribution < -0.4 is 10.6 Å². The summed E-state index contributed by atoms with van der Waals surface area (Å²) in [4.78, 5) is 32.3. The number of hydrogen-bond donors (Lipinski definition) is 3. The lowest BCUT2D eigenvalue weighted by molar-refractivity contribution is -0.141. The third-order valence-electron chi connectivity index (χ3n) is 2.33. The number of aliphatic carboxylic acids is 1. The molecule has 7 nitrogen and oxygen atoms in total. The minimum atomic E-state index is -1.02. The summed E-state index contributed by atoms with van der Waals surface area (Å²) in [6.45, 7) is 6.14. The molecule has 0 heterocycles. The topological polar surface area (TPSA) is 105 Å². The van der Waals surface area contributed by atoms with Gasteiger partial charge in [0.15, 0.2) is 6.23 Å². The molecule has 0 saturated carbocycles. The monoisotopic (exact) mass is 274 g/mol. The summed E-state index contributed by atoms with van der Waals surface area (Å²) in [5.41, 5.74) is 0. The zero-order valence-corrected chi connectivity index (χ0v) is 11.5. The van der Waals surface area contributed by atoms with E-state index in [9.17, 15) is 14.4 Å². The Hall–Kier alpha value is -1.79. The molecule has 0 radical (unpaired) electrons. The van der Waals surface area contributed by atoms with Crippen LogP contribution in [0.5, 0.6) is 0 Å². The second-order valence-electron chi connectivity index (χ2n) is 4.80. The first-order chi connectivity index (χ1) is 8.85. The first kappa shape index (κ1) is 17.2. The van der Waals surface area contributed by atoms with E-state index in [-0.39, 0.29) is 25.4 Å². The largest absolute Gasteiger partial charge is 0.481 e. The molecule has 0 aliphatic rings. The van der Waals surface area contributed by atoms with E-state index in [1.165, 1.54) is 0 Å². The van der Waals surface area contributed by atoms with Crippen LogP contribution in [0.15, 0.2) is 0 Å². The van der Waals surface area contributed by atoms with Crippen molar-refractivity contribution >= 4 is 18.5 Å². The van der Waals surface area contributed by atoms with E-state index in [1.54, 1.807) is 0 Å². The number of carbonyl (C=O) groups is 3. The Bertz CT molecular complexity index is 306. The summed E-state index contributed by atoms with van der Waals surface area (Å²) in [5.74, 6) is -0.570. The molecule has 7 heteroatoms. The van der Waals surface area contributed by atoms with Crippen molar-refractivity contribution in [2.75, 3.05) is 0 Å². The maximum atomic E-state index is 11.6. The lowest BCUT2D eigenvalue weighted by Gasteiger charge is -2.20. The van der Waals surface area contributed by atoms with Gasteiger partial charge in [0.25, 0.3) is 6.47 Å². The maximum absolute atomic E-state index is 11.6. The fraction of sp³-hybridized carbons (Fsp3) is 0.750. The van der Waals surface area contributed by atoms with Crippen LogP contribution in [0.25, 0.3) is 0 Å². The molecular formula is C12H22N2O5. The van der Waals surface area contributed by atoms with Gasteiger partial charge in [0.05, 0.1) is 6.42 Å². The Morgan fingerprint density at radius 2 is 1.89 bits per heavy atom. The third-order valence-corrected chi connectivity index (χ3v) is 2.33. The van der Waals surface area contributed by atoms with Gasteiger partial charge in [-0.1, -0.05) is 13.8 Å². The summed E-state index contributed by atoms with van der Waals surface area (Å²) in [6.07, 6.45) is -0.276. The molecule has 0 rings (SSSR count). The number of carbonyl (C=O) groups excluding carboxylic acids is 2. The van der Waals surface area contributed by atoms with Crippen LogP contribution in [-0.4, -0.2) is 35.8 Å². The molecule has 0 aromatic heterocycles. The Morgan fingerprint density at radius 3 is 2.37 bits per heavy atom. The fourth-order valence-corrected chi connectivity index (χ4v) is 1.67. The molecule has 0 fully saturated rings. The van der Waals surface area contributed by atoms with Gasteiger partial charge in [-0.25, -0.2) is 4.79 Å². The highest BCUT2D eigenvalue weighted by Gasteiger charge is 2.16. The van der Waals surface area contributed by atoms with Crippen LogP contribution >= 0.6 is 0 Å². The van der Waals surface area contributed by atoms with Crippen LogP contribution in [0, 0.1) is 5.92 Å². The summed E-state index contributed by atoms with van der Waals surface area (Å²) in [5, 5.41) is 13.6. The average Bonchev–Trinajstić information content (AvgIpc) is 2.24. The molecule has 0 aliphatic carbocycles. The van der Waals surface area contributed by atoms with Crippen molar-refractivity contribution in [2.45, 2.75) is 52.3 Å². The number of hydrogen-bond acceptors (Lipinski definition) is 4. The number of ether oxygens (including phenoxy) is 1. The Balaban J connectivity index is 4.14. The molecule has 0 aliphatic heterocycles. The zero-order chi connectivity index (χ0) is 14.8. The molecule has 0 aromatic rings. The predicted octanol–water partition coefficient (Wildman–Crippen LogP) is 1.08. The average molecular weight is 274 g/mol. The van der Waals surface area contributed by atoms with E-state index in [1.807, 2.05) is 20.8 Å². The smallest absolute Gasteiger partial charge is 0.317 e. The van der Waals surface area contributed by atoms with Crippen molar-refractivity contribution < 1.29 is 24.2 Å². The number of carboxylic acids is 1. The highest BCUT2D eigenvalue weighted by atomic mass is 16.5. The van der Waals surface area contributed by atoms with Gasteiger partial charge in [0.2, 0.25) is 0 Å². The molecule has 110 valence electrons. The van der Waals surface area contributed by atoms with Crippen LogP contribution in [0.2, 0.25) is 0 Å². The summed E-state index contributed by atoms with van der Waals surface area (Å²) < 4.78 is 4.61. The molecule has 0 bridgehead atoms. The van der Waals surface area contributed by atoms with Crippen LogP contribution in [0.4, 0.5) is 4.79 Å². The number of rotatable bonds is 9. The van der Waals surface area contributed by atoms with E-state index in [4.69, 9.17) is 5.11 Å². The normalized spacial score (nSPS) is 13.5. The number of nitrogens with one attached hydrogen (secondary N) is 2. The first-order valence-corrected chi connectivity index (χ1v) is 6.23. The van der Waals surface area contributed by atoms with Crippen molar-refractivity contribution in [3.63, 3.8) is 0 Å². The van der Waals surface area contributed by atoms with Gasteiger partial charge < -0.3 is 20.5 Å². The van der Waals surface area contributed by atoms with Gasteiger partial charge in [-0.2, -0.15) is 0 Å². The van der Waals surface area contributed by atoms with Crippen LogP contribution in [-0.2, 0) is 14.3 Å². The van der Waals surface area contributed by atoms with Crippen LogP contribution in [0.3, 0.4) is 0 Å². The summed E-state index contributed by atoms with van der Waals surface area (Å²) in [7, 11) is 0. The molecule has 3 N–H and O–H groups in total. The SMILES string of the molecule is CC(C)CC(C)NC(=O)NC(CCC(=O)O)OC=O. The van der Waals surface area contributed by atoms with Crippen molar-refractivity contribution in [2.24, 2.45) is 5.92 Å². The van der Waals surface area contributed by atoms with Gasteiger partial charge in [-0.3, -0.25) is 9.59 Å². The third kappa shape index (κ3) is 9.87. The summed E-state index contributed by atoms with van der Waals surface area (Å²) >= 11 is 0. The highest BCUT2D eigenvalue weighted by Crippen LogP contribution is 2.04. The molecule has 0 spiro atoms.